The average molecular weight is 493 g/mol. The molecule has 2 aromatic rings. The molecule has 33 heavy (non-hydrogen) atoms. The largest absolute Gasteiger partial charge is 0.483 e. The molecule has 1 aliphatic rings. The van der Waals surface area contributed by atoms with Crippen LogP contribution in [-0.4, -0.2) is 49.8 Å². The Morgan fingerprint density at radius 3 is 2.70 bits per heavy atom. The molecule has 2 aromatic carbocycles. The molecule has 0 unspecified atom stereocenters. The highest BCUT2D eigenvalue weighted by Gasteiger charge is 2.19. The van der Waals surface area contributed by atoms with E-state index >= 15 is 0 Å². The molecule has 0 aromatic heterocycles. The highest BCUT2D eigenvalue weighted by atomic mass is 35.5. The van der Waals surface area contributed by atoms with Crippen LogP contribution in [0.2, 0.25) is 10.0 Å². The third-order valence-corrected chi connectivity index (χ3v) is 5.31. The van der Waals surface area contributed by atoms with E-state index in [4.69, 9.17) is 32.7 Å². The van der Waals surface area contributed by atoms with Gasteiger partial charge in [-0.25, -0.2) is 5.43 Å². The minimum absolute atomic E-state index is 0.0665. The molecule has 3 amide bonds. The molecule has 11 heteroatoms. The molecule has 1 aliphatic heterocycles. The van der Waals surface area contributed by atoms with Gasteiger partial charge < -0.3 is 20.1 Å². The van der Waals surface area contributed by atoms with Crippen LogP contribution >= 0.6 is 23.2 Å². The first-order valence-corrected chi connectivity index (χ1v) is 10.9. The minimum atomic E-state index is -0.899. The van der Waals surface area contributed by atoms with E-state index in [1.54, 1.807) is 36.4 Å². The fourth-order valence-corrected chi connectivity index (χ4v) is 3.23. The number of ether oxygens (including phenoxy) is 2. The summed E-state index contributed by atoms with van der Waals surface area (Å²) in [6.07, 6.45) is 3.04. The van der Waals surface area contributed by atoms with Crippen molar-refractivity contribution in [2.24, 2.45) is 5.10 Å². The lowest BCUT2D eigenvalue weighted by molar-refractivity contribution is -0.139. The second-order valence-electron chi connectivity index (χ2n) is 7.05. The van der Waals surface area contributed by atoms with Gasteiger partial charge in [-0.1, -0.05) is 35.3 Å². The smallest absolute Gasteiger partial charge is 0.329 e. The summed E-state index contributed by atoms with van der Waals surface area (Å²) < 4.78 is 10.9. The maximum Gasteiger partial charge on any atom is 0.329 e. The van der Waals surface area contributed by atoms with Gasteiger partial charge in [0.1, 0.15) is 5.75 Å². The molecule has 1 heterocycles. The van der Waals surface area contributed by atoms with Gasteiger partial charge in [0.05, 0.1) is 22.4 Å². The third-order valence-electron chi connectivity index (χ3n) is 4.57. The zero-order valence-corrected chi connectivity index (χ0v) is 19.0. The maximum atomic E-state index is 12.2. The van der Waals surface area contributed by atoms with E-state index in [2.05, 4.69) is 21.2 Å². The van der Waals surface area contributed by atoms with Gasteiger partial charge in [0.15, 0.2) is 6.61 Å². The second kappa shape index (κ2) is 12.2. The second-order valence-corrected chi connectivity index (χ2v) is 7.86. The number of amides is 3. The van der Waals surface area contributed by atoms with Crippen LogP contribution < -0.4 is 20.8 Å². The zero-order valence-electron chi connectivity index (χ0n) is 17.5. The Morgan fingerprint density at radius 1 is 1.12 bits per heavy atom. The minimum Gasteiger partial charge on any atom is -0.483 e. The molecule has 1 fully saturated rings. The van der Waals surface area contributed by atoms with Crippen molar-refractivity contribution in [3.8, 4) is 5.75 Å². The lowest BCUT2D eigenvalue weighted by atomic mass is 10.2. The number of hydrazone groups is 1. The summed E-state index contributed by atoms with van der Waals surface area (Å²) in [4.78, 5) is 35.9. The van der Waals surface area contributed by atoms with Gasteiger partial charge in [0.2, 0.25) is 0 Å². The first-order chi connectivity index (χ1) is 15.9. The van der Waals surface area contributed by atoms with Crippen LogP contribution in [0.3, 0.4) is 0 Å². The predicted molar refractivity (Wildman–Crippen MR) is 125 cm³/mol. The molecule has 3 N–H and O–H groups in total. The Hall–Kier alpha value is -3.14. The van der Waals surface area contributed by atoms with E-state index in [0.29, 0.717) is 33.7 Å². The number of hydrogen-bond acceptors (Lipinski definition) is 6. The highest BCUT2D eigenvalue weighted by Crippen LogP contribution is 2.25. The van der Waals surface area contributed by atoms with Gasteiger partial charge in [0, 0.05) is 24.4 Å². The summed E-state index contributed by atoms with van der Waals surface area (Å²) >= 11 is 11.8. The van der Waals surface area contributed by atoms with Crippen LogP contribution in [-0.2, 0) is 19.1 Å². The van der Waals surface area contributed by atoms with Crippen molar-refractivity contribution in [2.75, 3.05) is 25.1 Å². The van der Waals surface area contributed by atoms with Gasteiger partial charge >= 0.3 is 11.8 Å². The van der Waals surface area contributed by atoms with E-state index in [1.165, 1.54) is 12.3 Å². The van der Waals surface area contributed by atoms with E-state index in [0.717, 1.165) is 12.8 Å². The summed E-state index contributed by atoms with van der Waals surface area (Å²) in [5.41, 5.74) is 3.14. The summed E-state index contributed by atoms with van der Waals surface area (Å²) in [6, 6.07) is 11.5. The lowest BCUT2D eigenvalue weighted by Gasteiger charge is -2.10. The highest BCUT2D eigenvalue weighted by molar-refractivity contribution is 6.42. The van der Waals surface area contributed by atoms with Crippen molar-refractivity contribution >= 4 is 52.8 Å². The number of anilines is 1. The van der Waals surface area contributed by atoms with Crippen molar-refractivity contribution in [2.45, 2.75) is 18.9 Å². The Balaban J connectivity index is 1.48. The van der Waals surface area contributed by atoms with E-state index < -0.39 is 17.7 Å². The molecule has 9 nitrogen and oxygen atoms in total. The Labute approximate surface area is 200 Å². The van der Waals surface area contributed by atoms with Crippen molar-refractivity contribution in [3.63, 3.8) is 0 Å². The molecule has 0 bridgehead atoms. The normalized spacial score (nSPS) is 15.3. The average Bonchev–Trinajstić information content (AvgIpc) is 3.33. The van der Waals surface area contributed by atoms with Crippen LogP contribution in [0.4, 0.5) is 5.69 Å². The van der Waals surface area contributed by atoms with Crippen molar-refractivity contribution in [3.05, 3.63) is 58.1 Å². The summed E-state index contributed by atoms with van der Waals surface area (Å²) in [6.45, 7) is 0.662. The molecule has 0 aliphatic carbocycles. The van der Waals surface area contributed by atoms with Gasteiger partial charge in [-0.3, -0.25) is 14.4 Å². The lowest BCUT2D eigenvalue weighted by Crippen LogP contribution is -2.41. The fraction of sp³-hybridized carbons (Fsp3) is 0.273. The SMILES string of the molecule is O=C(COc1ccccc1/C=N\NC(=O)C(=O)NC[C@@H]1CCCO1)Nc1ccc(Cl)c(Cl)c1. The molecule has 1 saturated heterocycles. The predicted octanol–water partition coefficient (Wildman–Crippen LogP) is 2.76. The number of benzene rings is 2. The summed E-state index contributed by atoms with van der Waals surface area (Å²) in [5, 5.41) is 9.65. The first-order valence-electron chi connectivity index (χ1n) is 10.1. The Bertz CT molecular complexity index is 1040. The molecule has 174 valence electrons. The van der Waals surface area contributed by atoms with E-state index in [-0.39, 0.29) is 19.3 Å². The molecule has 1 atom stereocenters. The van der Waals surface area contributed by atoms with Gasteiger partial charge in [-0.15, -0.1) is 0 Å². The number of para-hydroxylation sites is 1. The van der Waals surface area contributed by atoms with Gasteiger partial charge in [-0.2, -0.15) is 5.10 Å². The number of carbonyl (C=O) groups excluding carboxylic acids is 3. The van der Waals surface area contributed by atoms with Crippen molar-refractivity contribution < 1.29 is 23.9 Å². The van der Waals surface area contributed by atoms with Crippen LogP contribution in [0, 0.1) is 0 Å². The molecule has 0 spiro atoms. The molecular weight excluding hydrogens is 471 g/mol. The summed E-state index contributed by atoms with van der Waals surface area (Å²) in [5.74, 6) is -1.74. The molecule has 3 rings (SSSR count). The number of halogens is 2. The number of rotatable bonds is 8. The number of nitrogens with zero attached hydrogens (tertiary/aromatic N) is 1. The fourth-order valence-electron chi connectivity index (χ4n) is 2.94. The topological polar surface area (TPSA) is 118 Å². The standard InChI is InChI=1S/C22H22Cl2N4O5/c23-17-8-7-15(10-18(17)24)27-20(29)13-33-19-6-2-1-4-14(19)11-26-28-22(31)21(30)25-12-16-5-3-9-32-16/h1-2,4,6-8,10-11,16H,3,5,9,12-13H2,(H,25,30)(H,27,29)(H,28,31)/b26-11-/t16-/m0/s1. The van der Waals surface area contributed by atoms with Crippen LogP contribution in [0.5, 0.6) is 5.75 Å². The van der Waals surface area contributed by atoms with Crippen LogP contribution in [0.25, 0.3) is 0 Å². The van der Waals surface area contributed by atoms with Gasteiger partial charge in [-0.05, 0) is 43.2 Å². The quantitative estimate of drug-likeness (QED) is 0.297. The molecular formula is C22H22Cl2N4O5. The third kappa shape index (κ3) is 7.74. The Morgan fingerprint density at radius 2 is 1.94 bits per heavy atom. The monoisotopic (exact) mass is 492 g/mol. The zero-order chi connectivity index (χ0) is 23.6. The molecule has 0 radical (unpaired) electrons. The Kier molecular flexibility index (Phi) is 9.05. The maximum absolute atomic E-state index is 12.2. The van der Waals surface area contributed by atoms with Crippen molar-refractivity contribution in [1.82, 2.24) is 10.7 Å². The summed E-state index contributed by atoms with van der Waals surface area (Å²) in [7, 11) is 0. The number of carbonyl (C=O) groups is 3. The van der Waals surface area contributed by atoms with Gasteiger partial charge in [0.25, 0.3) is 5.91 Å². The number of nitrogens with one attached hydrogen (secondary N) is 3. The van der Waals surface area contributed by atoms with E-state index in [9.17, 15) is 14.4 Å². The van der Waals surface area contributed by atoms with Crippen LogP contribution in [0.1, 0.15) is 18.4 Å². The number of hydrogen-bond donors (Lipinski definition) is 3. The first kappa shape index (κ1) is 24.5. The van der Waals surface area contributed by atoms with Crippen molar-refractivity contribution in [1.29, 1.82) is 0 Å². The van der Waals surface area contributed by atoms with E-state index in [1.807, 2.05) is 0 Å². The van der Waals surface area contributed by atoms with Crippen LogP contribution in [0.15, 0.2) is 47.6 Å². The molecule has 0 saturated carbocycles.